The van der Waals surface area contributed by atoms with Crippen LogP contribution in [-0.2, 0) is 9.53 Å². The van der Waals surface area contributed by atoms with Crippen molar-refractivity contribution in [2.75, 3.05) is 29.2 Å². The highest BCUT2D eigenvalue weighted by atomic mass is 16.5. The number of amides is 3. The number of benzene rings is 2. The Labute approximate surface area is 151 Å². The van der Waals surface area contributed by atoms with E-state index in [2.05, 4.69) is 16.0 Å². The van der Waals surface area contributed by atoms with Gasteiger partial charge in [-0.3, -0.25) is 4.79 Å². The number of anilines is 3. The summed E-state index contributed by atoms with van der Waals surface area (Å²) in [6, 6.07) is 15.7. The van der Waals surface area contributed by atoms with Crippen molar-refractivity contribution in [3.05, 3.63) is 54.6 Å². The van der Waals surface area contributed by atoms with Crippen LogP contribution in [0, 0.1) is 0 Å². The zero-order valence-corrected chi connectivity index (χ0v) is 14.3. The Balaban J connectivity index is 1.54. The van der Waals surface area contributed by atoms with Crippen molar-refractivity contribution in [1.29, 1.82) is 0 Å². The average molecular weight is 354 g/mol. The summed E-state index contributed by atoms with van der Waals surface area (Å²) in [5.41, 5.74) is 7.21. The zero-order valence-electron chi connectivity index (χ0n) is 14.3. The summed E-state index contributed by atoms with van der Waals surface area (Å²) < 4.78 is 5.25. The van der Waals surface area contributed by atoms with Crippen LogP contribution >= 0.6 is 0 Å². The maximum Gasteiger partial charge on any atom is 0.323 e. The van der Waals surface area contributed by atoms with Gasteiger partial charge in [-0.2, -0.15) is 0 Å². The molecule has 0 radical (unpaired) electrons. The van der Waals surface area contributed by atoms with Crippen molar-refractivity contribution in [2.45, 2.75) is 18.4 Å². The molecule has 0 atom stereocenters. The van der Waals surface area contributed by atoms with Crippen molar-refractivity contribution < 1.29 is 14.3 Å². The lowest BCUT2D eigenvalue weighted by Crippen LogP contribution is -2.54. The molecule has 0 bridgehead atoms. The maximum absolute atomic E-state index is 12.4. The van der Waals surface area contributed by atoms with Crippen LogP contribution in [0.2, 0.25) is 0 Å². The Morgan fingerprint density at radius 1 is 0.808 bits per heavy atom. The molecule has 3 rings (SSSR count). The fraction of sp³-hybridized carbons (Fsp3) is 0.263. The van der Waals surface area contributed by atoms with Crippen LogP contribution in [0.3, 0.4) is 0 Å². The van der Waals surface area contributed by atoms with Crippen molar-refractivity contribution >= 4 is 29.0 Å². The van der Waals surface area contributed by atoms with Gasteiger partial charge in [-0.15, -0.1) is 0 Å². The molecule has 1 fully saturated rings. The molecule has 7 heteroatoms. The number of rotatable bonds is 4. The minimum atomic E-state index is -0.898. The van der Waals surface area contributed by atoms with Gasteiger partial charge in [-0.05, 0) is 49.2 Å². The van der Waals surface area contributed by atoms with Gasteiger partial charge in [0.15, 0.2) is 0 Å². The second kappa shape index (κ2) is 7.99. The van der Waals surface area contributed by atoms with E-state index in [1.807, 2.05) is 18.2 Å². The van der Waals surface area contributed by atoms with Crippen LogP contribution in [0.5, 0.6) is 0 Å². The van der Waals surface area contributed by atoms with Gasteiger partial charge in [0.05, 0.1) is 0 Å². The zero-order chi connectivity index (χ0) is 18.4. The predicted octanol–water partition coefficient (Wildman–Crippen LogP) is 2.78. The first kappa shape index (κ1) is 17.9. The quantitative estimate of drug-likeness (QED) is 0.677. The summed E-state index contributed by atoms with van der Waals surface area (Å²) in [5.74, 6) is -0.219. The Kier molecular flexibility index (Phi) is 5.50. The van der Waals surface area contributed by atoms with E-state index in [-0.39, 0.29) is 11.9 Å². The minimum Gasteiger partial charge on any atom is -0.381 e. The third-order valence-electron chi connectivity index (χ3n) is 4.27. The lowest BCUT2D eigenvalue weighted by atomic mass is 9.90. The van der Waals surface area contributed by atoms with E-state index < -0.39 is 5.54 Å². The van der Waals surface area contributed by atoms with Crippen LogP contribution in [0.1, 0.15) is 12.8 Å². The third-order valence-corrected chi connectivity index (χ3v) is 4.27. The molecule has 1 heterocycles. The largest absolute Gasteiger partial charge is 0.381 e. The second-order valence-electron chi connectivity index (χ2n) is 6.25. The Morgan fingerprint density at radius 3 is 1.88 bits per heavy atom. The third kappa shape index (κ3) is 4.59. The highest BCUT2D eigenvalue weighted by Gasteiger charge is 2.35. The molecule has 0 unspecified atom stereocenters. The van der Waals surface area contributed by atoms with E-state index in [1.165, 1.54) is 0 Å². The van der Waals surface area contributed by atoms with Crippen LogP contribution < -0.4 is 21.7 Å². The van der Waals surface area contributed by atoms with Crippen LogP contribution in [0.25, 0.3) is 0 Å². The highest BCUT2D eigenvalue weighted by Crippen LogP contribution is 2.21. The fourth-order valence-electron chi connectivity index (χ4n) is 2.67. The van der Waals surface area contributed by atoms with Gasteiger partial charge in [0.2, 0.25) is 5.91 Å². The van der Waals surface area contributed by atoms with Crippen LogP contribution in [0.4, 0.5) is 21.9 Å². The molecule has 136 valence electrons. The van der Waals surface area contributed by atoms with Crippen LogP contribution in [-0.4, -0.2) is 30.7 Å². The Morgan fingerprint density at radius 2 is 1.31 bits per heavy atom. The molecule has 7 nitrogen and oxygen atoms in total. The van der Waals surface area contributed by atoms with Gasteiger partial charge in [-0.1, -0.05) is 18.2 Å². The average Bonchev–Trinajstić information content (AvgIpc) is 2.64. The number of hydrogen-bond acceptors (Lipinski definition) is 4. The van der Waals surface area contributed by atoms with E-state index in [0.29, 0.717) is 43.1 Å². The molecular weight excluding hydrogens is 332 g/mol. The Bertz CT molecular complexity index is 756. The molecule has 1 aliphatic rings. The highest BCUT2D eigenvalue weighted by molar-refractivity contribution is 6.00. The first-order chi connectivity index (χ1) is 12.5. The van der Waals surface area contributed by atoms with E-state index in [1.54, 1.807) is 36.4 Å². The predicted molar refractivity (Wildman–Crippen MR) is 101 cm³/mol. The molecule has 0 spiro atoms. The van der Waals surface area contributed by atoms with E-state index in [4.69, 9.17) is 10.5 Å². The van der Waals surface area contributed by atoms with Gasteiger partial charge in [0.1, 0.15) is 5.54 Å². The van der Waals surface area contributed by atoms with Gasteiger partial charge < -0.3 is 26.4 Å². The lowest BCUT2D eigenvalue weighted by Gasteiger charge is -2.31. The normalized spacial score (nSPS) is 15.7. The minimum absolute atomic E-state index is 0.219. The van der Waals surface area contributed by atoms with E-state index in [9.17, 15) is 9.59 Å². The van der Waals surface area contributed by atoms with Crippen LogP contribution in [0.15, 0.2) is 54.6 Å². The van der Waals surface area contributed by atoms with Gasteiger partial charge in [0.25, 0.3) is 0 Å². The van der Waals surface area contributed by atoms with E-state index in [0.717, 1.165) is 0 Å². The summed E-state index contributed by atoms with van der Waals surface area (Å²) in [6.45, 7) is 0.979. The number of carbonyl (C=O) groups is 2. The second-order valence-corrected chi connectivity index (χ2v) is 6.25. The van der Waals surface area contributed by atoms with Crippen molar-refractivity contribution in [3.8, 4) is 0 Å². The smallest absolute Gasteiger partial charge is 0.323 e. The first-order valence-electron chi connectivity index (χ1n) is 8.46. The molecular formula is C19H22N4O3. The number of carbonyl (C=O) groups excluding carboxylic acids is 2. The fourth-order valence-corrected chi connectivity index (χ4v) is 2.67. The summed E-state index contributed by atoms with van der Waals surface area (Å²) in [6.07, 6.45) is 0.996. The monoisotopic (exact) mass is 354 g/mol. The van der Waals surface area contributed by atoms with Crippen molar-refractivity contribution in [2.24, 2.45) is 5.73 Å². The molecule has 1 saturated heterocycles. The number of nitrogens with one attached hydrogen (secondary N) is 3. The van der Waals surface area contributed by atoms with Crippen molar-refractivity contribution in [1.82, 2.24) is 0 Å². The van der Waals surface area contributed by atoms with Crippen molar-refractivity contribution in [3.63, 3.8) is 0 Å². The molecule has 5 N–H and O–H groups in total. The molecule has 0 aliphatic carbocycles. The number of para-hydroxylation sites is 1. The summed E-state index contributed by atoms with van der Waals surface area (Å²) in [7, 11) is 0. The lowest BCUT2D eigenvalue weighted by molar-refractivity contribution is -0.124. The number of nitrogens with two attached hydrogens (primary N) is 1. The summed E-state index contributed by atoms with van der Waals surface area (Å²) in [4.78, 5) is 24.4. The molecule has 0 aromatic heterocycles. The Hall–Kier alpha value is -2.90. The molecule has 1 aliphatic heterocycles. The number of ether oxygens (including phenoxy) is 1. The molecule has 0 saturated carbocycles. The first-order valence-corrected chi connectivity index (χ1v) is 8.46. The standard InChI is InChI=1S/C19H22N4O3/c20-19(10-12-26-13-11-19)17(24)21-15-6-8-16(9-7-15)23-18(25)22-14-4-2-1-3-5-14/h1-9H,10-13,20H2,(H,21,24)(H2,22,23,25). The molecule has 3 amide bonds. The molecule has 2 aromatic carbocycles. The number of hydrogen-bond donors (Lipinski definition) is 4. The van der Waals surface area contributed by atoms with E-state index >= 15 is 0 Å². The molecule has 26 heavy (non-hydrogen) atoms. The number of urea groups is 1. The van der Waals surface area contributed by atoms with Gasteiger partial charge in [0, 0.05) is 30.3 Å². The maximum atomic E-state index is 12.4. The summed E-state index contributed by atoms with van der Waals surface area (Å²) >= 11 is 0. The van der Waals surface area contributed by atoms with Gasteiger partial charge in [-0.25, -0.2) is 4.79 Å². The topological polar surface area (TPSA) is 105 Å². The SMILES string of the molecule is NC1(C(=O)Nc2ccc(NC(=O)Nc3ccccc3)cc2)CCOCC1. The summed E-state index contributed by atoms with van der Waals surface area (Å²) in [5, 5.41) is 8.30. The molecule has 2 aromatic rings. The van der Waals surface area contributed by atoms with Gasteiger partial charge >= 0.3 is 6.03 Å².